The number of ether oxygens (including phenoxy) is 2. The van der Waals surface area contributed by atoms with Crippen molar-refractivity contribution < 1.29 is 29.3 Å². The maximum absolute atomic E-state index is 12.9. The van der Waals surface area contributed by atoms with E-state index in [9.17, 15) is 19.8 Å². The third kappa shape index (κ3) is 8.35. The molecule has 0 fully saturated rings. The van der Waals surface area contributed by atoms with Crippen LogP contribution in [0.4, 0.5) is 4.79 Å². The number of aliphatic hydroxyl groups is 1. The minimum atomic E-state index is -1.03. The predicted molar refractivity (Wildman–Crippen MR) is 148 cm³/mol. The largest absolute Gasteiger partial charge is 0.490 e. The van der Waals surface area contributed by atoms with E-state index in [0.29, 0.717) is 18.7 Å². The summed E-state index contributed by atoms with van der Waals surface area (Å²) in [5.41, 5.74) is 2.99. The van der Waals surface area contributed by atoms with Crippen molar-refractivity contribution >= 4 is 12.1 Å². The van der Waals surface area contributed by atoms with Gasteiger partial charge < -0.3 is 24.6 Å². The Morgan fingerprint density at radius 2 is 1.55 bits per heavy atom. The van der Waals surface area contributed by atoms with E-state index in [-0.39, 0.29) is 18.2 Å². The number of aliphatic hydroxyl groups excluding tert-OH is 1. The lowest BCUT2D eigenvalue weighted by molar-refractivity contribution is 0.0147. The van der Waals surface area contributed by atoms with Crippen molar-refractivity contribution in [2.75, 3.05) is 13.1 Å². The molecule has 0 aliphatic heterocycles. The lowest BCUT2D eigenvalue weighted by atomic mass is 10.0. The quantitative estimate of drug-likeness (QED) is 0.324. The molecule has 7 heteroatoms. The summed E-state index contributed by atoms with van der Waals surface area (Å²) >= 11 is 0. The standard InChI is InChI=1S/C31H37NO6/c1-21(2)37-28-19-25(15-16-26(28)29(34)35)23-13-11-22(12-14-23)17-18-32(30(36)38-31(3,4)5)20-27(33)24-9-7-6-8-10-24/h6-16,19,21,27,33H,17-18,20H2,1-5H3,(H,34,35)/t27-/m0/s1. The van der Waals surface area contributed by atoms with Gasteiger partial charge in [0.25, 0.3) is 0 Å². The number of nitrogens with zero attached hydrogens (tertiary/aromatic N) is 1. The number of aromatic carboxylic acids is 1. The first-order valence-corrected chi connectivity index (χ1v) is 12.8. The zero-order valence-corrected chi connectivity index (χ0v) is 22.7. The lowest BCUT2D eigenvalue weighted by Gasteiger charge is -2.29. The number of carbonyl (C=O) groups excluding carboxylic acids is 1. The maximum Gasteiger partial charge on any atom is 0.410 e. The SMILES string of the molecule is CC(C)Oc1cc(-c2ccc(CCN(C[C@H](O)c3ccccc3)C(=O)OC(C)(C)C)cc2)ccc1C(=O)O. The van der Waals surface area contributed by atoms with E-state index in [0.717, 1.165) is 22.3 Å². The first kappa shape index (κ1) is 28.7. The van der Waals surface area contributed by atoms with Gasteiger partial charge in [0.1, 0.15) is 16.9 Å². The summed E-state index contributed by atoms with van der Waals surface area (Å²) < 4.78 is 11.3. The first-order valence-electron chi connectivity index (χ1n) is 12.8. The third-order valence-corrected chi connectivity index (χ3v) is 5.76. The number of hydrogen-bond donors (Lipinski definition) is 2. The Morgan fingerprint density at radius 1 is 0.921 bits per heavy atom. The highest BCUT2D eigenvalue weighted by Crippen LogP contribution is 2.29. The summed E-state index contributed by atoms with van der Waals surface area (Å²) in [6, 6.07) is 22.2. The van der Waals surface area contributed by atoms with Crippen LogP contribution in [0.3, 0.4) is 0 Å². The van der Waals surface area contributed by atoms with Gasteiger partial charge in [-0.15, -0.1) is 0 Å². The van der Waals surface area contributed by atoms with Crippen LogP contribution in [-0.2, 0) is 11.2 Å². The topological polar surface area (TPSA) is 96.3 Å². The van der Waals surface area contributed by atoms with Gasteiger partial charge >= 0.3 is 12.1 Å². The molecule has 202 valence electrons. The average molecular weight is 520 g/mol. The van der Waals surface area contributed by atoms with Crippen LogP contribution in [0.5, 0.6) is 5.75 Å². The zero-order valence-electron chi connectivity index (χ0n) is 22.7. The Labute approximate surface area is 224 Å². The second-order valence-electron chi connectivity index (χ2n) is 10.5. The van der Waals surface area contributed by atoms with Gasteiger partial charge in [0.15, 0.2) is 0 Å². The molecule has 3 aromatic carbocycles. The highest BCUT2D eigenvalue weighted by Gasteiger charge is 2.24. The molecule has 1 atom stereocenters. The Morgan fingerprint density at radius 3 is 2.13 bits per heavy atom. The molecule has 0 aliphatic carbocycles. The van der Waals surface area contributed by atoms with Crippen molar-refractivity contribution in [2.24, 2.45) is 0 Å². The van der Waals surface area contributed by atoms with Crippen LogP contribution >= 0.6 is 0 Å². The zero-order chi connectivity index (χ0) is 27.9. The van der Waals surface area contributed by atoms with Crippen LogP contribution in [0.2, 0.25) is 0 Å². The van der Waals surface area contributed by atoms with Gasteiger partial charge in [-0.25, -0.2) is 9.59 Å². The van der Waals surface area contributed by atoms with Gasteiger partial charge in [-0.1, -0.05) is 60.7 Å². The number of carboxylic acid groups (broad SMARTS) is 1. The molecular formula is C31H37NO6. The van der Waals surface area contributed by atoms with E-state index < -0.39 is 23.8 Å². The minimum absolute atomic E-state index is 0.117. The summed E-state index contributed by atoms with van der Waals surface area (Å²) in [6.45, 7) is 9.64. The van der Waals surface area contributed by atoms with Gasteiger partial charge in [0.05, 0.1) is 18.8 Å². The fraction of sp³-hybridized carbons (Fsp3) is 0.355. The van der Waals surface area contributed by atoms with Gasteiger partial charge in [-0.05, 0) is 75.4 Å². The van der Waals surface area contributed by atoms with Crippen LogP contribution in [0.25, 0.3) is 11.1 Å². The maximum atomic E-state index is 12.9. The number of carboxylic acids is 1. The van der Waals surface area contributed by atoms with E-state index in [1.54, 1.807) is 18.2 Å². The van der Waals surface area contributed by atoms with Crippen LogP contribution in [-0.4, -0.2) is 52.0 Å². The number of hydrogen-bond acceptors (Lipinski definition) is 5. The normalized spacial score (nSPS) is 12.2. The molecule has 0 saturated carbocycles. The molecule has 0 aromatic heterocycles. The molecule has 0 radical (unpaired) electrons. The molecule has 0 saturated heterocycles. The second kappa shape index (κ2) is 12.6. The molecule has 0 unspecified atom stereocenters. The monoisotopic (exact) mass is 519 g/mol. The molecule has 1 amide bonds. The smallest absolute Gasteiger partial charge is 0.410 e. The number of rotatable bonds is 10. The highest BCUT2D eigenvalue weighted by molar-refractivity contribution is 5.92. The molecule has 0 aliphatic rings. The van der Waals surface area contributed by atoms with Crippen molar-refractivity contribution in [1.82, 2.24) is 4.90 Å². The molecule has 0 heterocycles. The van der Waals surface area contributed by atoms with Gasteiger partial charge in [-0.3, -0.25) is 0 Å². The first-order chi connectivity index (χ1) is 17.9. The van der Waals surface area contributed by atoms with E-state index in [1.807, 2.05) is 89.2 Å². The molecule has 7 nitrogen and oxygen atoms in total. The van der Waals surface area contributed by atoms with Crippen molar-refractivity contribution in [3.05, 3.63) is 89.5 Å². The van der Waals surface area contributed by atoms with Crippen LogP contribution < -0.4 is 4.74 Å². The summed E-state index contributed by atoms with van der Waals surface area (Å²) in [5.74, 6) is -0.700. The molecular weight excluding hydrogens is 482 g/mol. The number of carbonyl (C=O) groups is 2. The summed E-state index contributed by atoms with van der Waals surface area (Å²) in [7, 11) is 0. The molecule has 0 spiro atoms. The Kier molecular flexibility index (Phi) is 9.53. The molecule has 3 rings (SSSR count). The molecule has 0 bridgehead atoms. The summed E-state index contributed by atoms with van der Waals surface area (Å²) in [6.07, 6.45) is -0.887. The lowest BCUT2D eigenvalue weighted by Crippen LogP contribution is -2.40. The molecule has 3 aromatic rings. The molecule has 2 N–H and O–H groups in total. The Balaban J connectivity index is 1.74. The number of benzene rings is 3. The van der Waals surface area contributed by atoms with Gasteiger partial charge in [0, 0.05) is 6.54 Å². The fourth-order valence-electron chi connectivity index (χ4n) is 3.93. The number of amides is 1. The Bertz CT molecular complexity index is 1220. The predicted octanol–water partition coefficient (Wildman–Crippen LogP) is 6.35. The van der Waals surface area contributed by atoms with Crippen LogP contribution in [0.15, 0.2) is 72.8 Å². The highest BCUT2D eigenvalue weighted by atomic mass is 16.6. The van der Waals surface area contributed by atoms with E-state index in [1.165, 1.54) is 4.90 Å². The van der Waals surface area contributed by atoms with Gasteiger partial charge in [-0.2, -0.15) is 0 Å². The van der Waals surface area contributed by atoms with Crippen molar-refractivity contribution in [3.63, 3.8) is 0 Å². The van der Waals surface area contributed by atoms with Crippen LogP contribution in [0.1, 0.15) is 62.2 Å². The molecule has 38 heavy (non-hydrogen) atoms. The van der Waals surface area contributed by atoms with Gasteiger partial charge in [0.2, 0.25) is 0 Å². The third-order valence-electron chi connectivity index (χ3n) is 5.76. The fourth-order valence-corrected chi connectivity index (χ4v) is 3.93. The minimum Gasteiger partial charge on any atom is -0.490 e. The van der Waals surface area contributed by atoms with Crippen molar-refractivity contribution in [3.8, 4) is 16.9 Å². The average Bonchev–Trinajstić information content (AvgIpc) is 2.85. The van der Waals surface area contributed by atoms with E-state index >= 15 is 0 Å². The van der Waals surface area contributed by atoms with E-state index in [4.69, 9.17) is 9.47 Å². The summed E-state index contributed by atoms with van der Waals surface area (Å²) in [5, 5.41) is 20.2. The van der Waals surface area contributed by atoms with Crippen LogP contribution in [0, 0.1) is 0 Å². The second-order valence-corrected chi connectivity index (χ2v) is 10.5. The Hall–Kier alpha value is -3.84. The summed E-state index contributed by atoms with van der Waals surface area (Å²) in [4.78, 5) is 26.0. The van der Waals surface area contributed by atoms with Crippen molar-refractivity contribution in [2.45, 2.75) is 58.8 Å². The van der Waals surface area contributed by atoms with Crippen molar-refractivity contribution in [1.29, 1.82) is 0 Å². The van der Waals surface area contributed by atoms with E-state index in [2.05, 4.69) is 0 Å².